The Bertz CT molecular complexity index is 542. The molecule has 0 heterocycles. The van der Waals surface area contributed by atoms with E-state index < -0.39 is 0 Å². The van der Waals surface area contributed by atoms with Crippen LogP contribution in [-0.4, -0.2) is 28.6 Å². The van der Waals surface area contributed by atoms with Gasteiger partial charge in [-0.1, -0.05) is 13.3 Å². The van der Waals surface area contributed by atoms with Gasteiger partial charge in [-0.15, -0.1) is 0 Å². The standard InChI is InChI=1S/C17H25NO5/c1-3-7-13-10-14(12(2)19)15(20)11-16(13)23-9-6-4-5-8-17(21)18-22/h10-11,20,22H,3-9H2,1-2H3,(H,18,21). The third-order valence-electron chi connectivity index (χ3n) is 3.51. The van der Waals surface area contributed by atoms with Crippen LogP contribution >= 0.6 is 0 Å². The van der Waals surface area contributed by atoms with Gasteiger partial charge in [0.2, 0.25) is 5.91 Å². The molecule has 0 bridgehead atoms. The van der Waals surface area contributed by atoms with E-state index in [0.717, 1.165) is 31.2 Å². The highest BCUT2D eigenvalue weighted by Crippen LogP contribution is 2.30. The zero-order valence-corrected chi connectivity index (χ0v) is 13.7. The number of rotatable bonds is 10. The second-order valence-electron chi connectivity index (χ2n) is 5.48. The Kier molecular flexibility index (Phi) is 8.11. The van der Waals surface area contributed by atoms with Crippen molar-refractivity contribution in [3.8, 4) is 11.5 Å². The van der Waals surface area contributed by atoms with Gasteiger partial charge in [0.15, 0.2) is 5.78 Å². The normalized spacial score (nSPS) is 10.4. The monoisotopic (exact) mass is 323 g/mol. The number of ketones is 1. The first-order valence-electron chi connectivity index (χ1n) is 7.92. The number of Topliss-reactive ketones (excluding diaryl/α,β-unsaturated/α-hetero) is 1. The maximum atomic E-state index is 11.5. The topological polar surface area (TPSA) is 95.9 Å². The van der Waals surface area contributed by atoms with Crippen LogP contribution in [0, 0.1) is 0 Å². The fourth-order valence-corrected chi connectivity index (χ4v) is 2.30. The van der Waals surface area contributed by atoms with E-state index in [4.69, 9.17) is 9.94 Å². The highest BCUT2D eigenvalue weighted by Gasteiger charge is 2.13. The second kappa shape index (κ2) is 9.84. The zero-order chi connectivity index (χ0) is 17.2. The molecule has 0 atom stereocenters. The van der Waals surface area contributed by atoms with Gasteiger partial charge in [0.25, 0.3) is 0 Å². The first-order chi connectivity index (χ1) is 11.0. The number of ether oxygens (including phenoxy) is 1. The molecule has 0 saturated heterocycles. The van der Waals surface area contributed by atoms with Gasteiger partial charge in [-0.05, 0) is 44.2 Å². The van der Waals surface area contributed by atoms with Gasteiger partial charge < -0.3 is 9.84 Å². The molecule has 1 amide bonds. The Hall–Kier alpha value is -2.08. The van der Waals surface area contributed by atoms with Gasteiger partial charge in [-0.2, -0.15) is 0 Å². The van der Waals surface area contributed by atoms with E-state index in [1.165, 1.54) is 13.0 Å². The van der Waals surface area contributed by atoms with E-state index in [9.17, 15) is 14.7 Å². The number of hydroxylamine groups is 1. The molecular formula is C17H25NO5. The molecule has 1 aromatic carbocycles. The number of aromatic hydroxyl groups is 1. The van der Waals surface area contributed by atoms with E-state index in [2.05, 4.69) is 0 Å². The van der Waals surface area contributed by atoms with Crippen LogP contribution in [-0.2, 0) is 11.2 Å². The molecule has 1 aromatic rings. The number of nitrogens with one attached hydrogen (secondary N) is 1. The number of aryl methyl sites for hydroxylation is 1. The SMILES string of the molecule is CCCc1cc(C(C)=O)c(O)cc1OCCCCCC(=O)NO. The number of phenolic OH excluding ortho intramolecular Hbond substituents is 1. The molecule has 0 aliphatic carbocycles. The Morgan fingerprint density at radius 1 is 1.22 bits per heavy atom. The predicted molar refractivity (Wildman–Crippen MR) is 86.0 cm³/mol. The lowest BCUT2D eigenvalue weighted by Gasteiger charge is -2.13. The van der Waals surface area contributed by atoms with E-state index in [1.54, 1.807) is 11.5 Å². The molecule has 0 unspecified atom stereocenters. The minimum Gasteiger partial charge on any atom is -0.507 e. The lowest BCUT2D eigenvalue weighted by atomic mass is 10.0. The summed E-state index contributed by atoms with van der Waals surface area (Å²) in [6.45, 7) is 3.93. The summed E-state index contributed by atoms with van der Waals surface area (Å²) in [5.41, 5.74) is 2.83. The number of phenols is 1. The van der Waals surface area contributed by atoms with Crippen LogP contribution in [0.3, 0.4) is 0 Å². The molecule has 128 valence electrons. The fourth-order valence-electron chi connectivity index (χ4n) is 2.30. The quantitative estimate of drug-likeness (QED) is 0.266. The molecule has 0 aromatic heterocycles. The van der Waals surface area contributed by atoms with Gasteiger partial charge in [0, 0.05) is 12.5 Å². The lowest BCUT2D eigenvalue weighted by Crippen LogP contribution is -2.17. The molecule has 1 rings (SSSR count). The maximum Gasteiger partial charge on any atom is 0.243 e. The van der Waals surface area contributed by atoms with Crippen molar-refractivity contribution in [3.05, 3.63) is 23.3 Å². The minimum atomic E-state index is -0.388. The summed E-state index contributed by atoms with van der Waals surface area (Å²) in [6, 6.07) is 3.20. The summed E-state index contributed by atoms with van der Waals surface area (Å²) in [5.74, 6) is -0.0242. The van der Waals surface area contributed by atoms with Crippen molar-refractivity contribution >= 4 is 11.7 Å². The van der Waals surface area contributed by atoms with Crippen LogP contribution < -0.4 is 10.2 Å². The molecule has 0 radical (unpaired) electrons. The van der Waals surface area contributed by atoms with E-state index >= 15 is 0 Å². The molecule has 0 aliphatic heterocycles. The number of carbonyl (C=O) groups excluding carboxylic acids is 2. The summed E-state index contributed by atoms with van der Waals surface area (Å²) in [4.78, 5) is 22.4. The van der Waals surface area contributed by atoms with Crippen LogP contribution in [0.1, 0.15) is 61.9 Å². The van der Waals surface area contributed by atoms with Crippen molar-refractivity contribution in [1.29, 1.82) is 0 Å². The van der Waals surface area contributed by atoms with Crippen molar-refractivity contribution in [1.82, 2.24) is 5.48 Å². The fraction of sp³-hybridized carbons (Fsp3) is 0.529. The van der Waals surface area contributed by atoms with Crippen LogP contribution in [0.25, 0.3) is 0 Å². The zero-order valence-electron chi connectivity index (χ0n) is 13.7. The molecule has 3 N–H and O–H groups in total. The number of amides is 1. The van der Waals surface area contributed by atoms with Crippen molar-refractivity contribution < 1.29 is 24.6 Å². The minimum absolute atomic E-state index is 0.0630. The van der Waals surface area contributed by atoms with Crippen molar-refractivity contribution in [3.63, 3.8) is 0 Å². The first kappa shape index (κ1) is 19.0. The van der Waals surface area contributed by atoms with E-state index in [1.807, 2.05) is 6.92 Å². The Morgan fingerprint density at radius 2 is 1.96 bits per heavy atom. The average Bonchev–Trinajstić information content (AvgIpc) is 2.52. The summed E-state index contributed by atoms with van der Waals surface area (Å²) < 4.78 is 5.72. The van der Waals surface area contributed by atoms with Gasteiger partial charge in [0.05, 0.1) is 12.2 Å². The summed E-state index contributed by atoms with van der Waals surface area (Å²) in [7, 11) is 0. The lowest BCUT2D eigenvalue weighted by molar-refractivity contribution is -0.129. The first-order valence-corrected chi connectivity index (χ1v) is 7.92. The third kappa shape index (κ3) is 6.28. The van der Waals surface area contributed by atoms with Crippen LogP contribution in [0.5, 0.6) is 11.5 Å². The highest BCUT2D eigenvalue weighted by molar-refractivity contribution is 5.97. The predicted octanol–water partition coefficient (Wildman–Crippen LogP) is 2.99. The van der Waals surface area contributed by atoms with Crippen molar-refractivity contribution in [2.75, 3.05) is 6.61 Å². The third-order valence-corrected chi connectivity index (χ3v) is 3.51. The molecule has 0 aliphatic rings. The Labute approximate surface area is 136 Å². The number of hydrogen-bond acceptors (Lipinski definition) is 5. The van der Waals surface area contributed by atoms with Gasteiger partial charge in [-0.25, -0.2) is 5.48 Å². The Morgan fingerprint density at radius 3 is 2.57 bits per heavy atom. The van der Waals surface area contributed by atoms with Crippen LogP contribution in [0.4, 0.5) is 0 Å². The molecule has 6 nitrogen and oxygen atoms in total. The van der Waals surface area contributed by atoms with Gasteiger partial charge in [0.1, 0.15) is 11.5 Å². The van der Waals surface area contributed by atoms with Crippen LogP contribution in [0.2, 0.25) is 0 Å². The molecule has 23 heavy (non-hydrogen) atoms. The number of unbranched alkanes of at least 4 members (excludes halogenated alkanes) is 2. The summed E-state index contributed by atoms with van der Waals surface area (Å²) in [6.07, 6.45) is 4.20. The number of hydrogen-bond donors (Lipinski definition) is 3. The number of benzene rings is 1. The molecule has 0 spiro atoms. The molecule has 0 fully saturated rings. The molecule has 6 heteroatoms. The van der Waals surface area contributed by atoms with Crippen molar-refractivity contribution in [2.45, 2.75) is 52.4 Å². The summed E-state index contributed by atoms with van der Waals surface area (Å²) in [5, 5.41) is 18.3. The second-order valence-corrected chi connectivity index (χ2v) is 5.48. The largest absolute Gasteiger partial charge is 0.507 e. The Balaban J connectivity index is 2.56. The highest BCUT2D eigenvalue weighted by atomic mass is 16.5. The maximum absolute atomic E-state index is 11.5. The smallest absolute Gasteiger partial charge is 0.243 e. The van der Waals surface area contributed by atoms with E-state index in [-0.39, 0.29) is 23.9 Å². The molecular weight excluding hydrogens is 298 g/mol. The molecule has 0 saturated carbocycles. The number of carbonyl (C=O) groups is 2. The average molecular weight is 323 g/mol. The van der Waals surface area contributed by atoms with Crippen LogP contribution in [0.15, 0.2) is 12.1 Å². The van der Waals surface area contributed by atoms with Gasteiger partial charge in [-0.3, -0.25) is 14.8 Å². The van der Waals surface area contributed by atoms with Crippen molar-refractivity contribution in [2.24, 2.45) is 0 Å². The van der Waals surface area contributed by atoms with Gasteiger partial charge >= 0.3 is 0 Å². The van der Waals surface area contributed by atoms with E-state index in [0.29, 0.717) is 24.3 Å². The summed E-state index contributed by atoms with van der Waals surface area (Å²) >= 11 is 0.